The maximum absolute atomic E-state index is 4.32. The van der Waals surface area contributed by atoms with Gasteiger partial charge in [-0.3, -0.25) is 4.98 Å². The molecule has 0 atom stereocenters. The molecule has 1 aromatic heterocycles. The van der Waals surface area contributed by atoms with Crippen LogP contribution in [0.2, 0.25) is 0 Å². The SMILES string of the molecule is CCCNc1cncc(NN(C)C)n1. The van der Waals surface area contributed by atoms with Crippen LogP contribution in [0.3, 0.4) is 0 Å². The lowest BCUT2D eigenvalue weighted by atomic mass is 10.5. The van der Waals surface area contributed by atoms with E-state index in [0.29, 0.717) is 0 Å². The normalized spacial score (nSPS) is 10.3. The zero-order chi connectivity index (χ0) is 10.4. The Morgan fingerprint density at radius 2 is 2.00 bits per heavy atom. The second-order valence-electron chi connectivity index (χ2n) is 3.22. The van der Waals surface area contributed by atoms with E-state index in [0.717, 1.165) is 24.6 Å². The molecule has 0 saturated heterocycles. The third kappa shape index (κ3) is 3.57. The van der Waals surface area contributed by atoms with E-state index in [4.69, 9.17) is 0 Å². The van der Waals surface area contributed by atoms with E-state index in [1.807, 2.05) is 19.1 Å². The predicted octanol–water partition coefficient (Wildman–Crippen LogP) is 1.19. The number of aromatic nitrogens is 2. The van der Waals surface area contributed by atoms with Crippen LogP contribution in [-0.4, -0.2) is 35.6 Å². The first-order valence-corrected chi connectivity index (χ1v) is 4.72. The molecule has 0 aromatic carbocycles. The molecule has 0 unspecified atom stereocenters. The Balaban J connectivity index is 2.59. The summed E-state index contributed by atoms with van der Waals surface area (Å²) in [5.41, 5.74) is 3.04. The molecule has 0 saturated carbocycles. The third-order valence-electron chi connectivity index (χ3n) is 1.53. The van der Waals surface area contributed by atoms with Crippen LogP contribution in [-0.2, 0) is 0 Å². The lowest BCUT2D eigenvalue weighted by molar-refractivity contribution is 0.492. The van der Waals surface area contributed by atoms with Crippen molar-refractivity contribution in [2.45, 2.75) is 13.3 Å². The first kappa shape index (κ1) is 10.7. The zero-order valence-electron chi connectivity index (χ0n) is 8.91. The van der Waals surface area contributed by atoms with Crippen LogP contribution in [0.25, 0.3) is 0 Å². The van der Waals surface area contributed by atoms with Gasteiger partial charge in [0.25, 0.3) is 0 Å². The molecular weight excluding hydrogens is 178 g/mol. The van der Waals surface area contributed by atoms with Crippen molar-refractivity contribution in [3.05, 3.63) is 12.4 Å². The summed E-state index contributed by atoms with van der Waals surface area (Å²) in [5, 5.41) is 5.00. The van der Waals surface area contributed by atoms with Crippen molar-refractivity contribution in [1.82, 2.24) is 15.0 Å². The smallest absolute Gasteiger partial charge is 0.161 e. The summed E-state index contributed by atoms with van der Waals surface area (Å²) in [6.07, 6.45) is 4.49. The molecule has 2 N–H and O–H groups in total. The number of rotatable bonds is 5. The largest absolute Gasteiger partial charge is 0.369 e. The molecule has 0 bridgehead atoms. The van der Waals surface area contributed by atoms with Gasteiger partial charge in [-0.1, -0.05) is 6.92 Å². The number of hydrazine groups is 1. The van der Waals surface area contributed by atoms with Crippen LogP contribution in [0, 0.1) is 0 Å². The maximum atomic E-state index is 4.32. The first-order chi connectivity index (χ1) is 6.72. The fourth-order valence-corrected chi connectivity index (χ4v) is 0.987. The molecule has 0 fully saturated rings. The van der Waals surface area contributed by atoms with Gasteiger partial charge in [0, 0.05) is 20.6 Å². The van der Waals surface area contributed by atoms with E-state index >= 15 is 0 Å². The molecule has 0 aliphatic carbocycles. The molecule has 5 nitrogen and oxygen atoms in total. The van der Waals surface area contributed by atoms with E-state index in [1.165, 1.54) is 0 Å². The molecule has 5 heteroatoms. The average Bonchev–Trinajstić information content (AvgIpc) is 2.14. The van der Waals surface area contributed by atoms with Crippen molar-refractivity contribution in [3.63, 3.8) is 0 Å². The second-order valence-corrected chi connectivity index (χ2v) is 3.22. The van der Waals surface area contributed by atoms with Crippen molar-refractivity contribution in [3.8, 4) is 0 Å². The molecular formula is C9H17N5. The Hall–Kier alpha value is -1.36. The fraction of sp³-hybridized carbons (Fsp3) is 0.556. The van der Waals surface area contributed by atoms with Crippen LogP contribution >= 0.6 is 0 Å². The van der Waals surface area contributed by atoms with E-state index in [9.17, 15) is 0 Å². The van der Waals surface area contributed by atoms with Crippen LogP contribution in [0.15, 0.2) is 12.4 Å². The maximum Gasteiger partial charge on any atom is 0.161 e. The highest BCUT2D eigenvalue weighted by Gasteiger charge is 1.97. The van der Waals surface area contributed by atoms with Crippen molar-refractivity contribution in [2.24, 2.45) is 0 Å². The minimum absolute atomic E-state index is 0.746. The van der Waals surface area contributed by atoms with Gasteiger partial charge in [0.1, 0.15) is 5.82 Å². The third-order valence-corrected chi connectivity index (χ3v) is 1.53. The number of nitrogens with zero attached hydrogens (tertiary/aromatic N) is 3. The van der Waals surface area contributed by atoms with Crippen LogP contribution in [0.4, 0.5) is 11.6 Å². The Kier molecular flexibility index (Phi) is 4.12. The summed E-state index contributed by atoms with van der Waals surface area (Å²) < 4.78 is 0. The van der Waals surface area contributed by atoms with Gasteiger partial charge in [-0.25, -0.2) is 9.99 Å². The highest BCUT2D eigenvalue weighted by Crippen LogP contribution is 2.06. The summed E-state index contributed by atoms with van der Waals surface area (Å²) in [4.78, 5) is 8.40. The molecule has 1 heterocycles. The molecule has 0 aliphatic rings. The Morgan fingerprint density at radius 1 is 1.29 bits per heavy atom. The highest BCUT2D eigenvalue weighted by molar-refractivity contribution is 5.40. The topological polar surface area (TPSA) is 53.1 Å². The molecule has 0 amide bonds. The van der Waals surface area contributed by atoms with E-state index < -0.39 is 0 Å². The summed E-state index contributed by atoms with van der Waals surface area (Å²) in [5.74, 6) is 1.55. The second kappa shape index (κ2) is 5.39. The average molecular weight is 195 g/mol. The summed E-state index contributed by atoms with van der Waals surface area (Å²) in [6.45, 7) is 3.03. The number of hydrogen-bond acceptors (Lipinski definition) is 5. The lowest BCUT2D eigenvalue weighted by Gasteiger charge is -2.12. The van der Waals surface area contributed by atoms with Gasteiger partial charge in [0.05, 0.1) is 12.4 Å². The lowest BCUT2D eigenvalue weighted by Crippen LogP contribution is -2.20. The Labute approximate surface area is 84.5 Å². The molecule has 1 rings (SSSR count). The van der Waals surface area contributed by atoms with Crippen LogP contribution in [0.5, 0.6) is 0 Å². The molecule has 1 aromatic rings. The van der Waals surface area contributed by atoms with Gasteiger partial charge in [-0.05, 0) is 6.42 Å². The van der Waals surface area contributed by atoms with Gasteiger partial charge < -0.3 is 10.7 Å². The van der Waals surface area contributed by atoms with E-state index in [1.54, 1.807) is 12.4 Å². The highest BCUT2D eigenvalue weighted by atomic mass is 15.5. The summed E-state index contributed by atoms with van der Waals surface area (Å²) in [6, 6.07) is 0. The fourth-order valence-electron chi connectivity index (χ4n) is 0.987. The first-order valence-electron chi connectivity index (χ1n) is 4.72. The van der Waals surface area contributed by atoms with Crippen molar-refractivity contribution in [1.29, 1.82) is 0 Å². The quantitative estimate of drug-likeness (QED) is 0.691. The van der Waals surface area contributed by atoms with Crippen LogP contribution in [0.1, 0.15) is 13.3 Å². The predicted molar refractivity (Wildman–Crippen MR) is 58.1 cm³/mol. The molecule has 0 radical (unpaired) electrons. The number of anilines is 2. The van der Waals surface area contributed by atoms with E-state index in [2.05, 4.69) is 27.6 Å². The van der Waals surface area contributed by atoms with Crippen molar-refractivity contribution in [2.75, 3.05) is 31.4 Å². The van der Waals surface area contributed by atoms with Gasteiger partial charge in [-0.15, -0.1) is 0 Å². The van der Waals surface area contributed by atoms with Crippen molar-refractivity contribution < 1.29 is 0 Å². The van der Waals surface area contributed by atoms with Crippen LogP contribution < -0.4 is 10.7 Å². The number of nitrogens with one attached hydrogen (secondary N) is 2. The minimum Gasteiger partial charge on any atom is -0.369 e. The van der Waals surface area contributed by atoms with E-state index in [-0.39, 0.29) is 0 Å². The number of hydrogen-bond donors (Lipinski definition) is 2. The molecule has 14 heavy (non-hydrogen) atoms. The minimum atomic E-state index is 0.746. The molecule has 0 aliphatic heterocycles. The Morgan fingerprint density at radius 3 is 2.64 bits per heavy atom. The molecule has 0 spiro atoms. The van der Waals surface area contributed by atoms with Gasteiger partial charge in [0.15, 0.2) is 5.82 Å². The Bertz CT molecular complexity index is 274. The summed E-state index contributed by atoms with van der Waals surface area (Å²) >= 11 is 0. The van der Waals surface area contributed by atoms with Gasteiger partial charge in [0.2, 0.25) is 0 Å². The standard InChI is InChI=1S/C9H17N5/c1-4-5-11-8-6-10-7-9(12-8)13-14(2)3/h6-7H,4-5H2,1-3H3,(H2,11,12,13). The monoisotopic (exact) mass is 195 g/mol. The van der Waals surface area contributed by atoms with Crippen molar-refractivity contribution >= 4 is 11.6 Å². The van der Waals surface area contributed by atoms with Gasteiger partial charge in [-0.2, -0.15) is 0 Å². The summed E-state index contributed by atoms with van der Waals surface area (Å²) in [7, 11) is 3.82. The van der Waals surface area contributed by atoms with Gasteiger partial charge >= 0.3 is 0 Å². The molecule has 78 valence electrons. The zero-order valence-corrected chi connectivity index (χ0v) is 8.91.